The van der Waals surface area contributed by atoms with Crippen molar-refractivity contribution in [2.24, 2.45) is 5.16 Å². The highest BCUT2D eigenvalue weighted by Gasteiger charge is 2.19. The summed E-state index contributed by atoms with van der Waals surface area (Å²) in [5.41, 5.74) is 0.375. The molecule has 0 aliphatic heterocycles. The molecule has 7 heteroatoms. The van der Waals surface area contributed by atoms with E-state index in [0.717, 1.165) is 0 Å². The number of Topliss-reactive ketones (excluding diaryl/α,β-unsaturated/α-hetero) is 1. The van der Waals surface area contributed by atoms with Crippen LogP contribution >= 0.6 is 15.9 Å². The zero-order chi connectivity index (χ0) is 9.14. The summed E-state index contributed by atoms with van der Waals surface area (Å²) in [5.74, 6) is -0.573. The maximum Gasteiger partial charge on any atom is 0.245 e. The molecule has 0 unspecified atom stereocenters. The minimum atomic E-state index is -0.573. The summed E-state index contributed by atoms with van der Waals surface area (Å²) in [6, 6.07) is 0. The smallest absolute Gasteiger partial charge is 0.245 e. The number of nitrogens with zero attached hydrogens (tertiary/aromatic N) is 3. The molecule has 12 heavy (non-hydrogen) atoms. The maximum atomic E-state index is 11.2. The number of carbonyl (C=O) groups is 1. The van der Waals surface area contributed by atoms with Crippen molar-refractivity contribution < 1.29 is 14.6 Å². The number of halogens is 1. The third kappa shape index (κ3) is 1.50. The van der Waals surface area contributed by atoms with Crippen molar-refractivity contribution in [3.05, 3.63) is 11.4 Å². The largest absolute Gasteiger partial charge is 0.410 e. The van der Waals surface area contributed by atoms with Gasteiger partial charge in [0.2, 0.25) is 5.78 Å². The number of rotatable bonds is 2. The Morgan fingerprint density at radius 3 is 2.75 bits per heavy atom. The molecule has 0 fully saturated rings. The fraction of sp³-hybridized carbons (Fsp3) is 0.200. The quantitative estimate of drug-likeness (QED) is 0.353. The normalized spacial score (nSPS) is 11.7. The highest BCUT2D eigenvalue weighted by Crippen LogP contribution is 2.05. The van der Waals surface area contributed by atoms with Gasteiger partial charge in [-0.15, -0.1) is 0 Å². The first-order valence-electron chi connectivity index (χ1n) is 2.88. The first kappa shape index (κ1) is 8.85. The van der Waals surface area contributed by atoms with Crippen LogP contribution in [0.5, 0.6) is 0 Å². The van der Waals surface area contributed by atoms with Gasteiger partial charge < -0.3 is 5.21 Å². The van der Waals surface area contributed by atoms with Crippen LogP contribution in [0.15, 0.2) is 9.78 Å². The van der Waals surface area contributed by atoms with Gasteiger partial charge >= 0.3 is 0 Å². The Morgan fingerprint density at radius 1 is 1.67 bits per heavy atom. The van der Waals surface area contributed by atoms with E-state index in [2.05, 4.69) is 36.0 Å². The maximum absolute atomic E-state index is 11.2. The highest BCUT2D eigenvalue weighted by atomic mass is 79.9. The van der Waals surface area contributed by atoms with Crippen molar-refractivity contribution in [1.29, 1.82) is 0 Å². The molecule has 0 atom stereocenters. The number of aryl methyl sites for hydroxylation is 1. The molecule has 64 valence electrons. The summed E-state index contributed by atoms with van der Waals surface area (Å²) in [4.78, 5) is 11.2. The summed E-state index contributed by atoms with van der Waals surface area (Å²) < 4.78 is 4.05. The first-order valence-corrected chi connectivity index (χ1v) is 3.67. The molecule has 1 aromatic heterocycles. The SMILES string of the molecule is Cc1nonc1C(=O)/C(Br)=N/O. The molecule has 0 saturated carbocycles. The van der Waals surface area contributed by atoms with Gasteiger partial charge in [-0.1, -0.05) is 10.3 Å². The van der Waals surface area contributed by atoms with Crippen LogP contribution < -0.4 is 0 Å². The first-order chi connectivity index (χ1) is 5.66. The number of aromatic nitrogens is 2. The number of ketones is 1. The Hall–Kier alpha value is -1.24. The lowest BCUT2D eigenvalue weighted by Gasteiger charge is -1.89. The van der Waals surface area contributed by atoms with Gasteiger partial charge in [0, 0.05) is 0 Å². The van der Waals surface area contributed by atoms with E-state index in [1.807, 2.05) is 0 Å². The summed E-state index contributed by atoms with van der Waals surface area (Å²) in [7, 11) is 0. The van der Waals surface area contributed by atoms with Gasteiger partial charge in [0.15, 0.2) is 10.3 Å². The Labute approximate surface area is 75.3 Å². The molecule has 1 heterocycles. The van der Waals surface area contributed by atoms with E-state index in [9.17, 15) is 4.79 Å². The second kappa shape index (κ2) is 3.44. The predicted octanol–water partition coefficient (Wildman–Crippen LogP) is 0.743. The second-order valence-corrected chi connectivity index (χ2v) is 2.67. The van der Waals surface area contributed by atoms with Crippen molar-refractivity contribution in [2.75, 3.05) is 0 Å². The standard InChI is InChI=1S/C5H4BrN3O3/c1-2-3(9-12-8-2)4(10)5(6)7-11/h11H,1H3/b7-5-. The van der Waals surface area contributed by atoms with E-state index in [1.165, 1.54) is 0 Å². The molecule has 0 saturated heterocycles. The lowest BCUT2D eigenvalue weighted by Crippen LogP contribution is -2.09. The van der Waals surface area contributed by atoms with Crippen molar-refractivity contribution in [3.63, 3.8) is 0 Å². The molecule has 1 N–H and O–H groups in total. The van der Waals surface area contributed by atoms with Crippen LogP contribution in [0.4, 0.5) is 0 Å². The predicted molar refractivity (Wildman–Crippen MR) is 41.5 cm³/mol. The van der Waals surface area contributed by atoms with E-state index in [0.29, 0.717) is 5.69 Å². The van der Waals surface area contributed by atoms with E-state index in [-0.39, 0.29) is 10.3 Å². The number of carbonyl (C=O) groups excluding carboxylic acids is 1. The minimum Gasteiger partial charge on any atom is -0.410 e. The monoisotopic (exact) mass is 233 g/mol. The van der Waals surface area contributed by atoms with Gasteiger partial charge in [-0.2, -0.15) is 0 Å². The van der Waals surface area contributed by atoms with Crippen LogP contribution in [-0.4, -0.2) is 25.9 Å². The molecule has 6 nitrogen and oxygen atoms in total. The summed E-state index contributed by atoms with van der Waals surface area (Å²) >= 11 is 2.74. The fourth-order valence-corrected chi connectivity index (χ4v) is 0.768. The Kier molecular flexibility index (Phi) is 2.54. The minimum absolute atomic E-state index is 0.0275. The molecule has 0 aromatic carbocycles. The summed E-state index contributed by atoms with van der Waals surface area (Å²) in [6.45, 7) is 1.56. The van der Waals surface area contributed by atoms with E-state index < -0.39 is 5.78 Å². The third-order valence-corrected chi connectivity index (χ3v) is 1.66. The van der Waals surface area contributed by atoms with E-state index in [1.54, 1.807) is 6.92 Å². The molecular weight excluding hydrogens is 230 g/mol. The second-order valence-electron chi connectivity index (χ2n) is 1.92. The zero-order valence-corrected chi connectivity index (χ0v) is 7.57. The molecular formula is C5H4BrN3O3. The van der Waals surface area contributed by atoms with Gasteiger partial charge in [-0.3, -0.25) is 4.79 Å². The number of hydrogen-bond acceptors (Lipinski definition) is 6. The molecule has 1 rings (SSSR count). The van der Waals surface area contributed by atoms with Crippen molar-refractivity contribution in [1.82, 2.24) is 10.3 Å². The summed E-state index contributed by atoms with van der Waals surface area (Å²) in [6.07, 6.45) is 0. The average Bonchev–Trinajstić information content (AvgIpc) is 2.48. The molecule has 0 bridgehead atoms. The van der Waals surface area contributed by atoms with Crippen LogP contribution in [-0.2, 0) is 0 Å². The lowest BCUT2D eigenvalue weighted by molar-refractivity contribution is 0.105. The Balaban J connectivity index is 3.01. The lowest BCUT2D eigenvalue weighted by atomic mass is 10.2. The van der Waals surface area contributed by atoms with Crippen LogP contribution in [0.1, 0.15) is 16.2 Å². The van der Waals surface area contributed by atoms with Crippen molar-refractivity contribution in [3.8, 4) is 0 Å². The van der Waals surface area contributed by atoms with E-state index in [4.69, 9.17) is 5.21 Å². The van der Waals surface area contributed by atoms with Crippen LogP contribution in [0.3, 0.4) is 0 Å². The summed E-state index contributed by atoms with van der Waals surface area (Å²) in [5, 5.41) is 17.6. The van der Waals surface area contributed by atoms with Gasteiger partial charge in [0.25, 0.3) is 0 Å². The highest BCUT2D eigenvalue weighted by molar-refractivity contribution is 9.19. The van der Waals surface area contributed by atoms with Gasteiger partial charge in [0.05, 0.1) is 0 Å². The van der Waals surface area contributed by atoms with Gasteiger partial charge in [-0.25, -0.2) is 4.63 Å². The van der Waals surface area contributed by atoms with Crippen LogP contribution in [0.2, 0.25) is 0 Å². The van der Waals surface area contributed by atoms with Crippen molar-refractivity contribution in [2.45, 2.75) is 6.92 Å². The number of hydrogen-bond donors (Lipinski definition) is 1. The fourth-order valence-electron chi connectivity index (χ4n) is 0.581. The Bertz CT molecular complexity index is 332. The van der Waals surface area contributed by atoms with Gasteiger partial charge in [-0.05, 0) is 28.0 Å². The topological polar surface area (TPSA) is 88.6 Å². The number of oxime groups is 1. The molecule has 0 aliphatic carbocycles. The van der Waals surface area contributed by atoms with Gasteiger partial charge in [0.1, 0.15) is 5.69 Å². The van der Waals surface area contributed by atoms with Crippen LogP contribution in [0, 0.1) is 6.92 Å². The molecule has 1 aromatic rings. The molecule has 0 radical (unpaired) electrons. The average molecular weight is 234 g/mol. The van der Waals surface area contributed by atoms with E-state index >= 15 is 0 Å². The van der Waals surface area contributed by atoms with Crippen LogP contribution in [0.25, 0.3) is 0 Å². The molecule has 0 amide bonds. The molecule has 0 spiro atoms. The van der Waals surface area contributed by atoms with Crippen molar-refractivity contribution >= 4 is 26.3 Å². The zero-order valence-electron chi connectivity index (χ0n) is 5.98. The third-order valence-electron chi connectivity index (χ3n) is 1.14. The Morgan fingerprint density at radius 2 is 2.33 bits per heavy atom. The molecule has 0 aliphatic rings.